The summed E-state index contributed by atoms with van der Waals surface area (Å²) in [6.45, 7) is 2.36. The average molecular weight is 442 g/mol. The van der Waals surface area contributed by atoms with Crippen LogP contribution in [0.5, 0.6) is 28.7 Å². The summed E-state index contributed by atoms with van der Waals surface area (Å²) in [5.74, 6) is 1.06. The number of carbonyl (C=O) groups excluding carboxylic acids is 1. The van der Waals surface area contributed by atoms with Gasteiger partial charge in [-0.1, -0.05) is 6.92 Å². The van der Waals surface area contributed by atoms with Gasteiger partial charge in [0.25, 0.3) is 0 Å². The summed E-state index contributed by atoms with van der Waals surface area (Å²) in [5.41, 5.74) is 2.51. The largest absolute Gasteiger partial charge is 0.493 e. The zero-order chi connectivity index (χ0) is 22.6. The quantitative estimate of drug-likeness (QED) is 0.722. The van der Waals surface area contributed by atoms with Crippen LogP contribution in [0.25, 0.3) is 0 Å². The molecule has 2 aromatic carbocycles. The van der Waals surface area contributed by atoms with E-state index in [-0.39, 0.29) is 31.2 Å². The van der Waals surface area contributed by atoms with Crippen molar-refractivity contribution in [1.29, 1.82) is 0 Å². The van der Waals surface area contributed by atoms with E-state index in [1.165, 1.54) is 0 Å². The minimum absolute atomic E-state index is 0.141. The van der Waals surface area contributed by atoms with Crippen LogP contribution < -0.4 is 23.7 Å². The lowest BCUT2D eigenvalue weighted by atomic mass is 9.72. The predicted molar refractivity (Wildman–Crippen MR) is 113 cm³/mol. The first-order valence-corrected chi connectivity index (χ1v) is 10.6. The number of esters is 1. The van der Waals surface area contributed by atoms with Gasteiger partial charge in [0.15, 0.2) is 23.0 Å². The van der Waals surface area contributed by atoms with Crippen LogP contribution in [0, 0.1) is 11.8 Å². The van der Waals surface area contributed by atoms with Crippen molar-refractivity contribution >= 4 is 5.97 Å². The molecule has 0 saturated carbocycles. The van der Waals surface area contributed by atoms with E-state index >= 15 is 0 Å². The van der Waals surface area contributed by atoms with Crippen molar-refractivity contribution in [3.63, 3.8) is 0 Å². The first-order chi connectivity index (χ1) is 15.5. The van der Waals surface area contributed by atoms with Crippen LogP contribution in [0.4, 0.5) is 0 Å². The van der Waals surface area contributed by atoms with Gasteiger partial charge in [-0.25, -0.2) is 0 Å². The molecule has 1 aliphatic carbocycles. The molecule has 3 aliphatic rings. The highest BCUT2D eigenvalue weighted by Gasteiger charge is 2.52. The molecule has 8 heteroatoms. The van der Waals surface area contributed by atoms with E-state index < -0.39 is 17.9 Å². The summed E-state index contributed by atoms with van der Waals surface area (Å²) in [5, 5.41) is 11.3. The zero-order valence-corrected chi connectivity index (χ0v) is 18.4. The fourth-order valence-electron chi connectivity index (χ4n) is 5.40. The smallest absolute Gasteiger partial charge is 0.310 e. The second-order valence-electron chi connectivity index (χ2n) is 8.37. The lowest BCUT2D eigenvalue weighted by molar-refractivity contribution is -0.142. The molecule has 32 heavy (non-hydrogen) atoms. The second-order valence-corrected chi connectivity index (χ2v) is 8.37. The summed E-state index contributed by atoms with van der Waals surface area (Å²) >= 11 is 0. The van der Waals surface area contributed by atoms with Gasteiger partial charge in [-0.3, -0.25) is 4.79 Å². The molecule has 5 rings (SSSR count). The van der Waals surface area contributed by atoms with Crippen LogP contribution in [-0.4, -0.2) is 45.8 Å². The minimum Gasteiger partial charge on any atom is -0.493 e. The van der Waals surface area contributed by atoms with Crippen LogP contribution in [0.15, 0.2) is 24.3 Å². The van der Waals surface area contributed by atoms with Gasteiger partial charge in [0, 0.05) is 11.8 Å². The van der Waals surface area contributed by atoms with E-state index in [4.69, 9.17) is 28.4 Å². The summed E-state index contributed by atoms with van der Waals surface area (Å²) in [4.78, 5) is 13.0. The van der Waals surface area contributed by atoms with Gasteiger partial charge in [0.05, 0.1) is 40.0 Å². The lowest BCUT2D eigenvalue weighted by Gasteiger charge is -2.29. The molecule has 0 spiro atoms. The number of ether oxygens (including phenoxy) is 6. The van der Waals surface area contributed by atoms with Crippen molar-refractivity contribution < 1.29 is 38.3 Å². The van der Waals surface area contributed by atoms with Crippen LogP contribution in [0.2, 0.25) is 0 Å². The Hall–Kier alpha value is -3.13. The molecule has 2 heterocycles. The number of fused-ring (bicyclic) bond motifs is 3. The first-order valence-electron chi connectivity index (χ1n) is 10.6. The number of rotatable bonds is 4. The molecule has 1 N–H and O–H groups in total. The average Bonchev–Trinajstić information content (AvgIpc) is 3.41. The van der Waals surface area contributed by atoms with Crippen LogP contribution in [-0.2, 0) is 9.53 Å². The molecule has 170 valence electrons. The number of aliphatic hydroxyl groups excluding tert-OH is 1. The van der Waals surface area contributed by atoms with Crippen LogP contribution in [0.3, 0.4) is 0 Å². The molecule has 0 bridgehead atoms. The Kier molecular flexibility index (Phi) is 5.04. The third-order valence-electron chi connectivity index (χ3n) is 6.94. The monoisotopic (exact) mass is 442 g/mol. The van der Waals surface area contributed by atoms with Gasteiger partial charge in [0.1, 0.15) is 0 Å². The highest BCUT2D eigenvalue weighted by atomic mass is 16.7. The number of methoxy groups -OCH3 is 3. The first kappa shape index (κ1) is 20.8. The molecule has 0 aromatic heterocycles. The standard InChI is InChI=1S/C24H26O8/c1-11-13-7-16-17(32-10-31-16)8-14(13)22(25)15-9-30-24(26)21(15)20(11)12-5-18(27-2)23(29-4)19(6-12)28-3/h5-8,11,15,20-22,25H,9-10H2,1-4H3/t11?,15-,20-,21-,22-/m0/s1. The lowest BCUT2D eigenvalue weighted by Crippen LogP contribution is -2.28. The van der Waals surface area contributed by atoms with E-state index in [0.29, 0.717) is 28.7 Å². The van der Waals surface area contributed by atoms with E-state index in [0.717, 1.165) is 16.7 Å². The molecule has 1 fully saturated rings. The molecule has 1 unspecified atom stereocenters. The Balaban J connectivity index is 1.71. The van der Waals surface area contributed by atoms with E-state index in [2.05, 4.69) is 6.92 Å². The minimum atomic E-state index is -0.870. The summed E-state index contributed by atoms with van der Waals surface area (Å²) in [6, 6.07) is 7.49. The number of carbonyl (C=O) groups is 1. The van der Waals surface area contributed by atoms with Gasteiger partial charge >= 0.3 is 5.97 Å². The fraction of sp³-hybridized carbons (Fsp3) is 0.458. The highest BCUT2D eigenvalue weighted by Crippen LogP contribution is 2.56. The van der Waals surface area contributed by atoms with Crippen molar-refractivity contribution in [2.45, 2.75) is 24.9 Å². The summed E-state index contributed by atoms with van der Waals surface area (Å²) < 4.78 is 33.2. The molecule has 0 radical (unpaired) electrons. The molecule has 5 atom stereocenters. The molecule has 0 amide bonds. The number of hydrogen-bond acceptors (Lipinski definition) is 8. The van der Waals surface area contributed by atoms with Crippen molar-refractivity contribution in [2.24, 2.45) is 11.8 Å². The molecule has 1 saturated heterocycles. The SMILES string of the molecule is COc1cc([C@@H]2C(C)c3cc4c(cc3[C@H](O)[C@H]3COC(=O)[C@@H]32)OCO4)cc(OC)c1OC. The number of hydrogen-bond donors (Lipinski definition) is 1. The topological polar surface area (TPSA) is 92.7 Å². The normalized spacial score (nSPS) is 27.8. The van der Waals surface area contributed by atoms with Crippen molar-refractivity contribution in [1.82, 2.24) is 0 Å². The van der Waals surface area contributed by atoms with E-state index in [1.54, 1.807) is 21.3 Å². The van der Waals surface area contributed by atoms with Gasteiger partial charge < -0.3 is 33.5 Å². The molecule has 2 aromatic rings. The molecular formula is C24H26O8. The number of aliphatic hydroxyl groups is 1. The third kappa shape index (κ3) is 2.97. The maximum Gasteiger partial charge on any atom is 0.310 e. The number of benzene rings is 2. The summed E-state index contributed by atoms with van der Waals surface area (Å²) in [6.07, 6.45) is -0.870. The van der Waals surface area contributed by atoms with Gasteiger partial charge in [-0.05, 0) is 46.9 Å². The Morgan fingerprint density at radius 1 is 0.875 bits per heavy atom. The van der Waals surface area contributed by atoms with Crippen molar-refractivity contribution in [3.8, 4) is 28.7 Å². The molecule has 2 aliphatic heterocycles. The van der Waals surface area contributed by atoms with Gasteiger partial charge in [-0.15, -0.1) is 0 Å². The fourth-order valence-corrected chi connectivity index (χ4v) is 5.40. The maximum atomic E-state index is 13.0. The summed E-state index contributed by atoms with van der Waals surface area (Å²) in [7, 11) is 4.67. The maximum absolute atomic E-state index is 13.0. The molecule has 8 nitrogen and oxygen atoms in total. The third-order valence-corrected chi connectivity index (χ3v) is 6.94. The number of cyclic esters (lactones) is 1. The predicted octanol–water partition coefficient (Wildman–Crippen LogP) is 3.16. The van der Waals surface area contributed by atoms with Crippen LogP contribution in [0.1, 0.15) is 41.6 Å². The zero-order valence-electron chi connectivity index (χ0n) is 18.4. The highest BCUT2D eigenvalue weighted by molar-refractivity contribution is 5.77. The van der Waals surface area contributed by atoms with Crippen LogP contribution >= 0.6 is 0 Å². The van der Waals surface area contributed by atoms with E-state index in [9.17, 15) is 9.90 Å². The van der Waals surface area contributed by atoms with Gasteiger partial charge in [0.2, 0.25) is 12.5 Å². The Morgan fingerprint density at radius 3 is 2.09 bits per heavy atom. The second kappa shape index (κ2) is 7.78. The Labute approximate surface area is 185 Å². The van der Waals surface area contributed by atoms with Crippen molar-refractivity contribution in [2.75, 3.05) is 34.7 Å². The van der Waals surface area contributed by atoms with Crippen molar-refractivity contribution in [3.05, 3.63) is 41.0 Å². The Bertz CT molecular complexity index is 1040. The van der Waals surface area contributed by atoms with Gasteiger partial charge in [-0.2, -0.15) is 0 Å². The van der Waals surface area contributed by atoms with E-state index in [1.807, 2.05) is 24.3 Å². The Morgan fingerprint density at radius 2 is 1.50 bits per heavy atom. The molecular weight excluding hydrogens is 416 g/mol.